The van der Waals surface area contributed by atoms with Crippen molar-refractivity contribution in [1.82, 2.24) is 20.3 Å². The number of rotatable bonds is 2. The zero-order valence-electron chi connectivity index (χ0n) is 12.3. The van der Waals surface area contributed by atoms with E-state index in [-0.39, 0.29) is 6.03 Å². The van der Waals surface area contributed by atoms with Gasteiger partial charge in [-0.15, -0.1) is 5.10 Å². The predicted octanol–water partition coefficient (Wildman–Crippen LogP) is 3.46. The third-order valence-electron chi connectivity index (χ3n) is 3.66. The Balaban J connectivity index is 1.82. The normalized spacial score (nSPS) is 10.9. The molecular weight excluding hydrogens is 300 g/mol. The Bertz CT molecular complexity index is 836. The van der Waals surface area contributed by atoms with Crippen LogP contribution in [0.3, 0.4) is 0 Å². The maximum absolute atomic E-state index is 12.3. The van der Waals surface area contributed by atoms with Crippen molar-refractivity contribution >= 4 is 28.7 Å². The van der Waals surface area contributed by atoms with E-state index < -0.39 is 0 Å². The molecule has 0 saturated carbocycles. The van der Waals surface area contributed by atoms with Gasteiger partial charge < -0.3 is 5.32 Å². The highest BCUT2D eigenvalue weighted by Gasteiger charge is 2.12. The second kappa shape index (κ2) is 5.77. The number of aromatic nitrogens is 3. The molecular formula is C16H15ClN4O. The molecule has 0 aliphatic rings. The van der Waals surface area contributed by atoms with Crippen LogP contribution in [-0.2, 0) is 6.54 Å². The van der Waals surface area contributed by atoms with E-state index in [1.54, 1.807) is 18.2 Å². The Hall–Kier alpha value is -2.40. The Morgan fingerprint density at radius 2 is 1.95 bits per heavy atom. The molecule has 1 aromatic heterocycles. The van der Waals surface area contributed by atoms with Gasteiger partial charge in [-0.05, 0) is 48.7 Å². The van der Waals surface area contributed by atoms with Crippen LogP contribution >= 0.6 is 11.6 Å². The molecule has 2 aromatic carbocycles. The van der Waals surface area contributed by atoms with Gasteiger partial charge in [0, 0.05) is 11.6 Å². The zero-order valence-corrected chi connectivity index (χ0v) is 13.1. The summed E-state index contributed by atoms with van der Waals surface area (Å²) in [5.41, 5.74) is 4.63. The monoisotopic (exact) mass is 314 g/mol. The van der Waals surface area contributed by atoms with Crippen molar-refractivity contribution in [2.45, 2.75) is 20.4 Å². The molecule has 3 aromatic rings. The van der Waals surface area contributed by atoms with E-state index >= 15 is 0 Å². The van der Waals surface area contributed by atoms with Gasteiger partial charge in [0.25, 0.3) is 0 Å². The summed E-state index contributed by atoms with van der Waals surface area (Å²) in [6.07, 6.45) is 0. The molecule has 0 atom stereocenters. The van der Waals surface area contributed by atoms with Crippen LogP contribution in [0.15, 0.2) is 36.4 Å². The fourth-order valence-electron chi connectivity index (χ4n) is 2.41. The van der Waals surface area contributed by atoms with Crippen LogP contribution in [0.5, 0.6) is 0 Å². The quantitative estimate of drug-likeness (QED) is 0.788. The van der Waals surface area contributed by atoms with Gasteiger partial charge in [-0.1, -0.05) is 35.0 Å². The summed E-state index contributed by atoms with van der Waals surface area (Å²) in [7, 11) is 0. The second-order valence-electron chi connectivity index (χ2n) is 5.16. The van der Waals surface area contributed by atoms with Gasteiger partial charge in [0.1, 0.15) is 5.52 Å². The van der Waals surface area contributed by atoms with E-state index in [0.29, 0.717) is 22.6 Å². The molecule has 3 rings (SSSR count). The number of halogens is 1. The number of hydrogen-bond donors (Lipinski definition) is 1. The molecule has 112 valence electrons. The first-order valence-corrected chi connectivity index (χ1v) is 7.28. The lowest BCUT2D eigenvalue weighted by atomic mass is 10.0. The highest BCUT2D eigenvalue weighted by molar-refractivity contribution is 6.31. The number of hydrogen-bond acceptors (Lipinski definition) is 3. The van der Waals surface area contributed by atoms with Crippen molar-refractivity contribution in [3.63, 3.8) is 0 Å². The Labute approximate surface area is 132 Å². The van der Waals surface area contributed by atoms with Crippen molar-refractivity contribution in [2.24, 2.45) is 0 Å². The van der Waals surface area contributed by atoms with Crippen LogP contribution in [0.2, 0.25) is 5.02 Å². The summed E-state index contributed by atoms with van der Waals surface area (Å²) in [6, 6.07) is 10.9. The SMILES string of the molecule is Cc1cccc(C)c1CNC(=O)n1nnc2cc(Cl)ccc21. The second-order valence-corrected chi connectivity index (χ2v) is 5.60. The van der Waals surface area contributed by atoms with E-state index in [1.165, 1.54) is 4.68 Å². The molecule has 1 N–H and O–H groups in total. The number of nitrogens with zero attached hydrogens (tertiary/aromatic N) is 3. The first kappa shape index (κ1) is 14.5. The van der Waals surface area contributed by atoms with Gasteiger partial charge in [-0.25, -0.2) is 4.79 Å². The van der Waals surface area contributed by atoms with Gasteiger partial charge in [-0.3, -0.25) is 0 Å². The lowest BCUT2D eigenvalue weighted by molar-refractivity contribution is 0.239. The summed E-state index contributed by atoms with van der Waals surface area (Å²) in [5.74, 6) is 0. The van der Waals surface area contributed by atoms with Gasteiger partial charge in [-0.2, -0.15) is 4.68 Å². The molecule has 0 aliphatic carbocycles. The standard InChI is InChI=1S/C16H15ClN4O/c1-10-4-3-5-11(2)13(10)9-18-16(22)21-15-7-6-12(17)8-14(15)19-20-21/h3-8H,9H2,1-2H3,(H,18,22). The number of carbonyl (C=O) groups is 1. The maximum atomic E-state index is 12.3. The van der Waals surface area contributed by atoms with Gasteiger partial charge >= 0.3 is 6.03 Å². The summed E-state index contributed by atoms with van der Waals surface area (Å²) in [5, 5.41) is 11.3. The molecule has 0 bridgehead atoms. The lowest BCUT2D eigenvalue weighted by Gasteiger charge is -2.10. The number of benzene rings is 2. The molecule has 5 nitrogen and oxygen atoms in total. The summed E-state index contributed by atoms with van der Waals surface area (Å²) in [4.78, 5) is 12.3. The summed E-state index contributed by atoms with van der Waals surface area (Å²) < 4.78 is 1.25. The minimum Gasteiger partial charge on any atom is -0.332 e. The van der Waals surface area contributed by atoms with Gasteiger partial charge in [0.2, 0.25) is 0 Å². The van der Waals surface area contributed by atoms with E-state index in [4.69, 9.17) is 11.6 Å². The van der Waals surface area contributed by atoms with Crippen LogP contribution in [0, 0.1) is 13.8 Å². The van der Waals surface area contributed by atoms with Crippen LogP contribution < -0.4 is 5.32 Å². The summed E-state index contributed by atoms with van der Waals surface area (Å²) in [6.45, 7) is 4.51. The van der Waals surface area contributed by atoms with Crippen molar-refractivity contribution in [3.8, 4) is 0 Å². The third-order valence-corrected chi connectivity index (χ3v) is 3.90. The average molecular weight is 315 g/mol. The Morgan fingerprint density at radius 3 is 2.68 bits per heavy atom. The summed E-state index contributed by atoms with van der Waals surface area (Å²) >= 11 is 5.91. The zero-order chi connectivity index (χ0) is 15.7. The molecule has 1 amide bonds. The van der Waals surface area contributed by atoms with Crippen molar-refractivity contribution in [2.75, 3.05) is 0 Å². The fraction of sp³-hybridized carbons (Fsp3) is 0.188. The first-order valence-electron chi connectivity index (χ1n) is 6.90. The highest BCUT2D eigenvalue weighted by Crippen LogP contribution is 2.17. The largest absolute Gasteiger partial charge is 0.344 e. The molecule has 0 aliphatic heterocycles. The third kappa shape index (κ3) is 2.67. The maximum Gasteiger partial charge on any atom is 0.344 e. The van der Waals surface area contributed by atoms with Crippen LogP contribution in [-0.4, -0.2) is 21.0 Å². The molecule has 1 heterocycles. The van der Waals surface area contributed by atoms with E-state index in [1.807, 2.05) is 32.0 Å². The predicted molar refractivity (Wildman–Crippen MR) is 86.1 cm³/mol. The number of amides is 1. The topological polar surface area (TPSA) is 59.8 Å². The number of carbonyl (C=O) groups excluding carboxylic acids is 1. The van der Waals surface area contributed by atoms with Crippen LogP contribution in [0.1, 0.15) is 16.7 Å². The minimum absolute atomic E-state index is 0.313. The molecule has 0 spiro atoms. The Kier molecular flexibility index (Phi) is 3.81. The average Bonchev–Trinajstić information content (AvgIpc) is 2.89. The van der Waals surface area contributed by atoms with Gasteiger partial charge in [0.05, 0.1) is 5.52 Å². The minimum atomic E-state index is -0.313. The van der Waals surface area contributed by atoms with Crippen molar-refractivity contribution in [3.05, 3.63) is 58.1 Å². The Morgan fingerprint density at radius 1 is 1.23 bits per heavy atom. The lowest BCUT2D eigenvalue weighted by Crippen LogP contribution is -2.29. The van der Waals surface area contributed by atoms with Crippen LogP contribution in [0.25, 0.3) is 11.0 Å². The first-order chi connectivity index (χ1) is 10.6. The smallest absolute Gasteiger partial charge is 0.332 e. The van der Waals surface area contributed by atoms with Crippen LogP contribution in [0.4, 0.5) is 4.79 Å². The molecule has 0 unspecified atom stereocenters. The van der Waals surface area contributed by atoms with Crippen molar-refractivity contribution < 1.29 is 4.79 Å². The number of nitrogens with one attached hydrogen (secondary N) is 1. The number of aryl methyl sites for hydroxylation is 2. The van der Waals surface area contributed by atoms with E-state index in [0.717, 1.165) is 16.7 Å². The highest BCUT2D eigenvalue weighted by atomic mass is 35.5. The molecule has 0 saturated heterocycles. The molecule has 0 fully saturated rings. The van der Waals surface area contributed by atoms with E-state index in [9.17, 15) is 4.79 Å². The fourth-order valence-corrected chi connectivity index (χ4v) is 2.58. The number of fused-ring (bicyclic) bond motifs is 1. The molecule has 0 radical (unpaired) electrons. The van der Waals surface area contributed by atoms with Crippen molar-refractivity contribution in [1.29, 1.82) is 0 Å². The van der Waals surface area contributed by atoms with Gasteiger partial charge in [0.15, 0.2) is 0 Å². The van der Waals surface area contributed by atoms with E-state index in [2.05, 4.69) is 15.6 Å². The molecule has 6 heteroatoms. The molecule has 22 heavy (non-hydrogen) atoms.